The molecule has 0 spiro atoms. The van der Waals surface area contributed by atoms with E-state index in [0.29, 0.717) is 4.88 Å². The zero-order valence-corrected chi connectivity index (χ0v) is 14.7. The maximum Gasteiger partial charge on any atom is 0.261 e. The minimum atomic E-state index is -0.616. The predicted molar refractivity (Wildman–Crippen MR) is 96.9 cm³/mol. The standard InChI is InChI=1S/C19H18F2N2OS/c1-23(2)15(18-13(20)7-5-8-14(18)21)11-22-19(24)17-10-12-6-3-4-9-16(12)25-17/h3-10,15H,11H2,1-2H3,(H,22,24). The highest BCUT2D eigenvalue weighted by Crippen LogP contribution is 2.26. The summed E-state index contributed by atoms with van der Waals surface area (Å²) in [6, 6.07) is 12.7. The van der Waals surface area contributed by atoms with Gasteiger partial charge in [0.05, 0.1) is 10.9 Å². The van der Waals surface area contributed by atoms with E-state index in [9.17, 15) is 13.6 Å². The van der Waals surface area contributed by atoms with Crippen LogP contribution in [0.4, 0.5) is 8.78 Å². The van der Waals surface area contributed by atoms with E-state index in [1.54, 1.807) is 19.0 Å². The number of benzene rings is 2. The van der Waals surface area contributed by atoms with Crippen LogP contribution < -0.4 is 5.32 Å². The van der Waals surface area contributed by atoms with Gasteiger partial charge < -0.3 is 10.2 Å². The molecule has 130 valence electrons. The van der Waals surface area contributed by atoms with Crippen molar-refractivity contribution in [1.82, 2.24) is 10.2 Å². The van der Waals surface area contributed by atoms with Gasteiger partial charge in [0, 0.05) is 16.8 Å². The Kier molecular flexibility index (Phi) is 5.11. The van der Waals surface area contributed by atoms with Gasteiger partial charge in [0.1, 0.15) is 11.6 Å². The number of fused-ring (bicyclic) bond motifs is 1. The van der Waals surface area contributed by atoms with E-state index >= 15 is 0 Å². The summed E-state index contributed by atoms with van der Waals surface area (Å²) in [5.74, 6) is -1.48. The lowest BCUT2D eigenvalue weighted by Crippen LogP contribution is -2.35. The van der Waals surface area contributed by atoms with Gasteiger partial charge in [-0.15, -0.1) is 11.3 Å². The number of amides is 1. The maximum absolute atomic E-state index is 14.1. The van der Waals surface area contributed by atoms with Gasteiger partial charge in [0.25, 0.3) is 5.91 Å². The van der Waals surface area contributed by atoms with E-state index in [1.807, 2.05) is 30.3 Å². The van der Waals surface area contributed by atoms with Crippen LogP contribution in [0.2, 0.25) is 0 Å². The van der Waals surface area contributed by atoms with Crippen LogP contribution in [-0.2, 0) is 0 Å². The summed E-state index contributed by atoms with van der Waals surface area (Å²) in [6.45, 7) is 0.109. The smallest absolute Gasteiger partial charge is 0.261 e. The minimum Gasteiger partial charge on any atom is -0.349 e. The predicted octanol–water partition coefficient (Wildman–Crippen LogP) is 4.21. The number of nitrogens with one attached hydrogen (secondary N) is 1. The fraction of sp³-hybridized carbons (Fsp3) is 0.211. The molecule has 3 rings (SSSR count). The van der Waals surface area contributed by atoms with Gasteiger partial charge in [-0.05, 0) is 43.7 Å². The summed E-state index contributed by atoms with van der Waals surface area (Å²) < 4.78 is 29.2. The highest BCUT2D eigenvalue weighted by Gasteiger charge is 2.23. The van der Waals surface area contributed by atoms with Crippen molar-refractivity contribution in [3.63, 3.8) is 0 Å². The lowest BCUT2D eigenvalue weighted by atomic mass is 10.0. The molecule has 0 fully saturated rings. The third kappa shape index (κ3) is 3.70. The van der Waals surface area contributed by atoms with Gasteiger partial charge in [0.2, 0.25) is 0 Å². The number of hydrogen-bond donors (Lipinski definition) is 1. The molecule has 3 nitrogen and oxygen atoms in total. The molecule has 1 heterocycles. The Morgan fingerprint density at radius 2 is 1.80 bits per heavy atom. The second-order valence-corrected chi connectivity index (χ2v) is 7.06. The molecule has 2 aromatic carbocycles. The average molecular weight is 360 g/mol. The number of carbonyl (C=O) groups is 1. The van der Waals surface area contributed by atoms with E-state index in [-0.39, 0.29) is 18.0 Å². The van der Waals surface area contributed by atoms with Crippen molar-refractivity contribution in [1.29, 1.82) is 0 Å². The summed E-state index contributed by atoms with van der Waals surface area (Å²) in [5, 5.41) is 3.79. The van der Waals surface area contributed by atoms with Crippen LogP contribution in [0.1, 0.15) is 21.3 Å². The lowest BCUT2D eigenvalue weighted by molar-refractivity contribution is 0.0945. The lowest BCUT2D eigenvalue weighted by Gasteiger charge is -2.25. The van der Waals surface area contributed by atoms with Crippen molar-refractivity contribution in [2.45, 2.75) is 6.04 Å². The Labute approximate surface area is 148 Å². The maximum atomic E-state index is 14.1. The average Bonchev–Trinajstić information content (AvgIpc) is 3.01. The van der Waals surface area contributed by atoms with Crippen molar-refractivity contribution in [2.24, 2.45) is 0 Å². The molecule has 1 unspecified atom stereocenters. The Morgan fingerprint density at radius 1 is 1.12 bits per heavy atom. The quantitative estimate of drug-likeness (QED) is 0.739. The summed E-state index contributed by atoms with van der Waals surface area (Å²) in [7, 11) is 3.45. The van der Waals surface area contributed by atoms with E-state index in [4.69, 9.17) is 0 Å². The summed E-state index contributed by atoms with van der Waals surface area (Å²) >= 11 is 1.39. The van der Waals surface area contributed by atoms with E-state index < -0.39 is 17.7 Å². The van der Waals surface area contributed by atoms with Gasteiger partial charge in [-0.1, -0.05) is 24.3 Å². The van der Waals surface area contributed by atoms with E-state index in [0.717, 1.165) is 10.1 Å². The molecule has 0 bridgehead atoms. The molecule has 1 amide bonds. The second-order valence-electron chi connectivity index (χ2n) is 5.97. The SMILES string of the molecule is CN(C)C(CNC(=O)c1cc2ccccc2s1)c1c(F)cccc1F. The molecule has 25 heavy (non-hydrogen) atoms. The Bertz CT molecular complexity index is 854. The summed E-state index contributed by atoms with van der Waals surface area (Å²) in [6.07, 6.45) is 0. The van der Waals surface area contributed by atoms with E-state index in [2.05, 4.69) is 5.32 Å². The van der Waals surface area contributed by atoms with Crippen molar-refractivity contribution in [3.8, 4) is 0 Å². The molecular formula is C19H18F2N2OS. The number of nitrogens with zero attached hydrogens (tertiary/aromatic N) is 1. The van der Waals surface area contributed by atoms with E-state index in [1.165, 1.54) is 29.5 Å². The second kappa shape index (κ2) is 7.29. The van der Waals surface area contributed by atoms with Crippen LogP contribution >= 0.6 is 11.3 Å². The number of rotatable bonds is 5. The van der Waals surface area contributed by atoms with Gasteiger partial charge in [-0.25, -0.2) is 8.78 Å². The zero-order chi connectivity index (χ0) is 18.0. The van der Waals surface area contributed by atoms with Crippen molar-refractivity contribution in [3.05, 3.63) is 70.6 Å². The molecule has 1 aromatic heterocycles. The molecule has 0 saturated heterocycles. The first-order valence-electron chi connectivity index (χ1n) is 7.84. The number of hydrogen-bond acceptors (Lipinski definition) is 3. The Balaban J connectivity index is 1.78. The first kappa shape index (κ1) is 17.5. The van der Waals surface area contributed by atoms with Crippen LogP contribution in [0.5, 0.6) is 0 Å². The molecule has 0 aliphatic heterocycles. The topological polar surface area (TPSA) is 32.3 Å². The highest BCUT2D eigenvalue weighted by molar-refractivity contribution is 7.20. The highest BCUT2D eigenvalue weighted by atomic mass is 32.1. The number of carbonyl (C=O) groups excluding carboxylic acids is 1. The zero-order valence-electron chi connectivity index (χ0n) is 13.9. The first-order valence-corrected chi connectivity index (χ1v) is 8.66. The molecule has 1 atom stereocenters. The van der Waals surface area contributed by atoms with Crippen LogP contribution in [0.25, 0.3) is 10.1 Å². The number of thiophene rings is 1. The fourth-order valence-corrected chi connectivity index (χ4v) is 3.72. The Hall–Kier alpha value is -2.31. The molecule has 6 heteroatoms. The molecule has 0 aliphatic rings. The summed E-state index contributed by atoms with van der Waals surface area (Å²) in [4.78, 5) is 14.7. The number of likely N-dealkylation sites (N-methyl/N-ethyl adjacent to an activating group) is 1. The normalized spacial score (nSPS) is 12.5. The minimum absolute atomic E-state index is 0.0378. The molecule has 1 N–H and O–H groups in total. The van der Waals surface area contributed by atoms with Crippen LogP contribution in [-0.4, -0.2) is 31.4 Å². The molecule has 0 saturated carbocycles. The molecular weight excluding hydrogens is 342 g/mol. The fourth-order valence-electron chi connectivity index (χ4n) is 2.74. The largest absolute Gasteiger partial charge is 0.349 e. The molecule has 0 radical (unpaired) electrons. The van der Waals surface area contributed by atoms with Gasteiger partial charge in [-0.3, -0.25) is 4.79 Å². The first-order chi connectivity index (χ1) is 12.0. The molecule has 0 aliphatic carbocycles. The third-order valence-electron chi connectivity index (χ3n) is 4.06. The van der Waals surface area contributed by atoms with Crippen molar-refractivity contribution >= 4 is 27.3 Å². The van der Waals surface area contributed by atoms with Crippen molar-refractivity contribution < 1.29 is 13.6 Å². The van der Waals surface area contributed by atoms with Crippen LogP contribution in [0.15, 0.2) is 48.5 Å². The van der Waals surface area contributed by atoms with Crippen molar-refractivity contribution in [2.75, 3.05) is 20.6 Å². The van der Waals surface area contributed by atoms with Crippen LogP contribution in [0.3, 0.4) is 0 Å². The number of halogens is 2. The third-order valence-corrected chi connectivity index (χ3v) is 5.18. The monoisotopic (exact) mass is 360 g/mol. The summed E-state index contributed by atoms with van der Waals surface area (Å²) in [5.41, 5.74) is -0.0378. The van der Waals surface area contributed by atoms with Crippen LogP contribution in [0, 0.1) is 11.6 Å². The van der Waals surface area contributed by atoms with Gasteiger partial charge in [0.15, 0.2) is 0 Å². The van der Waals surface area contributed by atoms with Gasteiger partial charge in [-0.2, -0.15) is 0 Å². The van der Waals surface area contributed by atoms with Gasteiger partial charge >= 0.3 is 0 Å². The Morgan fingerprint density at radius 3 is 2.44 bits per heavy atom. The molecule has 3 aromatic rings.